The molecule has 0 aliphatic heterocycles. The van der Waals surface area contributed by atoms with E-state index in [-0.39, 0.29) is 0 Å². The highest BCUT2D eigenvalue weighted by molar-refractivity contribution is 5.45. The van der Waals surface area contributed by atoms with Crippen molar-refractivity contribution in [3.8, 4) is 0 Å². The van der Waals surface area contributed by atoms with Crippen LogP contribution in [-0.2, 0) is 0 Å². The van der Waals surface area contributed by atoms with E-state index < -0.39 is 0 Å². The van der Waals surface area contributed by atoms with Crippen LogP contribution in [0, 0.1) is 24.2 Å². The van der Waals surface area contributed by atoms with E-state index in [0.717, 1.165) is 18.4 Å². The molecule has 0 spiro atoms. The lowest BCUT2D eigenvalue weighted by atomic mass is 9.70. The molecule has 1 aromatic carbocycles. The van der Waals surface area contributed by atoms with E-state index in [0.29, 0.717) is 5.41 Å². The van der Waals surface area contributed by atoms with Crippen LogP contribution in [0.25, 0.3) is 0 Å². The van der Waals surface area contributed by atoms with Crippen molar-refractivity contribution in [3.05, 3.63) is 29.8 Å². The largest absolute Gasteiger partial charge is 0.385 e. The maximum Gasteiger partial charge on any atom is 0.0342 e. The minimum Gasteiger partial charge on any atom is -0.385 e. The van der Waals surface area contributed by atoms with Gasteiger partial charge in [0.1, 0.15) is 0 Å². The molecule has 0 atom stereocenters. The van der Waals surface area contributed by atoms with Crippen LogP contribution in [0.5, 0.6) is 0 Å². The predicted molar refractivity (Wildman–Crippen MR) is 84.6 cm³/mol. The Morgan fingerprint density at radius 3 is 2.37 bits per heavy atom. The summed E-state index contributed by atoms with van der Waals surface area (Å²) in [5.41, 5.74) is 3.11. The molecule has 0 heterocycles. The lowest BCUT2D eigenvalue weighted by Crippen LogP contribution is -2.28. The quantitative estimate of drug-likeness (QED) is 0.780. The van der Waals surface area contributed by atoms with Gasteiger partial charge in [-0.2, -0.15) is 0 Å². The zero-order valence-electron chi connectivity index (χ0n) is 13.0. The molecule has 0 bridgehead atoms. The second kappa shape index (κ2) is 5.98. The summed E-state index contributed by atoms with van der Waals surface area (Å²) >= 11 is 0. The van der Waals surface area contributed by atoms with Crippen molar-refractivity contribution in [2.75, 3.05) is 11.9 Å². The van der Waals surface area contributed by atoms with Gasteiger partial charge < -0.3 is 5.32 Å². The Balaban J connectivity index is 1.77. The molecule has 1 aliphatic rings. The van der Waals surface area contributed by atoms with Gasteiger partial charge in [0.05, 0.1) is 0 Å². The third-order valence-electron chi connectivity index (χ3n) is 4.68. The first kappa shape index (κ1) is 14.4. The number of benzene rings is 1. The number of nitrogens with one attached hydrogen (secondary N) is 1. The molecule has 1 aromatic rings. The average Bonchev–Trinajstić information content (AvgIpc) is 2.36. The first-order chi connectivity index (χ1) is 8.95. The van der Waals surface area contributed by atoms with Crippen molar-refractivity contribution in [2.24, 2.45) is 17.3 Å². The third-order valence-corrected chi connectivity index (χ3v) is 4.68. The summed E-state index contributed by atoms with van der Waals surface area (Å²) in [5, 5.41) is 3.61. The van der Waals surface area contributed by atoms with Crippen LogP contribution in [-0.4, -0.2) is 6.54 Å². The fourth-order valence-corrected chi connectivity index (χ4v) is 3.25. The van der Waals surface area contributed by atoms with Gasteiger partial charge >= 0.3 is 0 Å². The molecular weight excluding hydrogens is 230 g/mol. The summed E-state index contributed by atoms with van der Waals surface area (Å²) in [6, 6.07) is 8.70. The van der Waals surface area contributed by atoms with Crippen molar-refractivity contribution in [2.45, 2.75) is 53.4 Å². The van der Waals surface area contributed by atoms with Crippen LogP contribution < -0.4 is 5.32 Å². The fourth-order valence-electron chi connectivity index (χ4n) is 3.25. The highest BCUT2D eigenvalue weighted by Gasteiger charge is 2.29. The van der Waals surface area contributed by atoms with Gasteiger partial charge in [-0.3, -0.25) is 0 Å². The van der Waals surface area contributed by atoms with E-state index in [1.165, 1.54) is 36.9 Å². The minimum atomic E-state index is 0.495. The van der Waals surface area contributed by atoms with Gasteiger partial charge in [0.25, 0.3) is 0 Å². The summed E-state index contributed by atoms with van der Waals surface area (Å²) in [6.45, 7) is 10.5. The molecule has 1 N–H and O–H groups in total. The van der Waals surface area contributed by atoms with Gasteiger partial charge in [-0.25, -0.2) is 0 Å². The fraction of sp³-hybridized carbons (Fsp3) is 0.667. The molecule has 1 nitrogen and oxygen atoms in total. The number of hydrogen-bond acceptors (Lipinski definition) is 1. The van der Waals surface area contributed by atoms with E-state index in [2.05, 4.69) is 57.3 Å². The van der Waals surface area contributed by atoms with Gasteiger partial charge in [0.15, 0.2) is 0 Å². The van der Waals surface area contributed by atoms with E-state index in [1.807, 2.05) is 0 Å². The van der Waals surface area contributed by atoms with E-state index in [1.54, 1.807) is 0 Å². The second-order valence-electron chi connectivity index (χ2n) is 7.33. The van der Waals surface area contributed by atoms with Crippen molar-refractivity contribution >= 4 is 5.69 Å². The highest BCUT2D eigenvalue weighted by atomic mass is 14.9. The summed E-state index contributed by atoms with van der Waals surface area (Å²) < 4.78 is 0. The van der Waals surface area contributed by atoms with Gasteiger partial charge in [0.2, 0.25) is 0 Å². The number of anilines is 1. The van der Waals surface area contributed by atoms with Crippen LogP contribution >= 0.6 is 0 Å². The van der Waals surface area contributed by atoms with Gasteiger partial charge in [-0.1, -0.05) is 32.9 Å². The van der Waals surface area contributed by atoms with Crippen molar-refractivity contribution in [3.63, 3.8) is 0 Å². The SMILES string of the molecule is Cc1cccc(NCC2CCC(C(C)(C)C)CC2)c1. The molecular formula is C18H29N. The second-order valence-corrected chi connectivity index (χ2v) is 7.33. The van der Waals surface area contributed by atoms with Gasteiger partial charge in [0, 0.05) is 12.2 Å². The van der Waals surface area contributed by atoms with Crippen molar-refractivity contribution < 1.29 is 0 Å². The Morgan fingerprint density at radius 2 is 1.79 bits per heavy atom. The molecule has 1 saturated carbocycles. The standard InChI is InChI=1S/C18H29N/c1-14-6-5-7-17(12-14)19-13-15-8-10-16(11-9-15)18(2,3)4/h5-7,12,15-16,19H,8-11,13H2,1-4H3. The molecule has 0 saturated heterocycles. The van der Waals surface area contributed by atoms with Crippen LogP contribution in [0.15, 0.2) is 24.3 Å². The van der Waals surface area contributed by atoms with Crippen molar-refractivity contribution in [1.29, 1.82) is 0 Å². The van der Waals surface area contributed by atoms with Crippen LogP contribution in [0.3, 0.4) is 0 Å². The van der Waals surface area contributed by atoms with Crippen LogP contribution in [0.2, 0.25) is 0 Å². The first-order valence-corrected chi connectivity index (χ1v) is 7.75. The lowest BCUT2D eigenvalue weighted by Gasteiger charge is -2.37. The monoisotopic (exact) mass is 259 g/mol. The van der Waals surface area contributed by atoms with Gasteiger partial charge in [-0.15, -0.1) is 0 Å². The average molecular weight is 259 g/mol. The van der Waals surface area contributed by atoms with E-state index in [4.69, 9.17) is 0 Å². The minimum absolute atomic E-state index is 0.495. The molecule has 0 unspecified atom stereocenters. The topological polar surface area (TPSA) is 12.0 Å². The molecule has 0 amide bonds. The Hall–Kier alpha value is -0.980. The summed E-state index contributed by atoms with van der Waals surface area (Å²) in [7, 11) is 0. The van der Waals surface area contributed by atoms with Crippen molar-refractivity contribution in [1.82, 2.24) is 0 Å². The summed E-state index contributed by atoms with van der Waals surface area (Å²) in [6.07, 6.45) is 5.59. The maximum atomic E-state index is 3.61. The Morgan fingerprint density at radius 1 is 1.11 bits per heavy atom. The zero-order chi connectivity index (χ0) is 13.9. The summed E-state index contributed by atoms with van der Waals surface area (Å²) in [4.78, 5) is 0. The zero-order valence-corrected chi connectivity index (χ0v) is 13.0. The molecule has 0 radical (unpaired) electrons. The molecule has 19 heavy (non-hydrogen) atoms. The van der Waals surface area contributed by atoms with Crippen LogP contribution in [0.1, 0.15) is 52.0 Å². The van der Waals surface area contributed by atoms with Gasteiger partial charge in [-0.05, 0) is 67.6 Å². The highest BCUT2D eigenvalue weighted by Crippen LogP contribution is 2.39. The Labute approximate surface area is 118 Å². The lowest BCUT2D eigenvalue weighted by molar-refractivity contribution is 0.153. The van der Waals surface area contributed by atoms with Crippen LogP contribution in [0.4, 0.5) is 5.69 Å². The summed E-state index contributed by atoms with van der Waals surface area (Å²) in [5.74, 6) is 1.78. The predicted octanol–water partition coefficient (Wildman–Crippen LogP) is 5.26. The number of hydrogen-bond donors (Lipinski definition) is 1. The molecule has 1 heteroatoms. The maximum absolute atomic E-state index is 3.61. The third kappa shape index (κ3) is 4.26. The number of rotatable bonds is 3. The Bertz CT molecular complexity index is 394. The molecule has 106 valence electrons. The van der Waals surface area contributed by atoms with E-state index >= 15 is 0 Å². The first-order valence-electron chi connectivity index (χ1n) is 7.75. The molecule has 1 aliphatic carbocycles. The van der Waals surface area contributed by atoms with E-state index in [9.17, 15) is 0 Å². The normalized spacial score (nSPS) is 24.2. The number of aryl methyl sites for hydroxylation is 1. The smallest absolute Gasteiger partial charge is 0.0342 e. The molecule has 0 aromatic heterocycles. The molecule has 1 fully saturated rings. The molecule has 2 rings (SSSR count). The Kier molecular flexibility index (Phi) is 4.54.